The molecule has 2 N–H and O–H groups in total. The van der Waals surface area contributed by atoms with Crippen molar-refractivity contribution in [2.45, 2.75) is 11.0 Å². The molecule has 0 heterocycles. The van der Waals surface area contributed by atoms with Crippen molar-refractivity contribution in [1.29, 1.82) is 0 Å². The number of thiocarbonyl (C=S) groups is 1. The van der Waals surface area contributed by atoms with Gasteiger partial charge in [0, 0.05) is 0 Å². The molecule has 1 aromatic carbocycles. The third-order valence-electron chi connectivity index (χ3n) is 1.71. The second-order valence-corrected chi connectivity index (χ2v) is 6.90. The molecule has 0 fully saturated rings. The van der Waals surface area contributed by atoms with Crippen molar-refractivity contribution in [3.05, 3.63) is 35.4 Å². The van der Waals surface area contributed by atoms with E-state index in [1.54, 1.807) is 0 Å². The van der Waals surface area contributed by atoms with E-state index in [2.05, 4.69) is 18.2 Å². The zero-order valence-corrected chi connectivity index (χ0v) is 10.5. The first-order valence-corrected chi connectivity index (χ1v) is 7.96. The van der Waals surface area contributed by atoms with Crippen LogP contribution in [0.15, 0.2) is 24.3 Å². The van der Waals surface area contributed by atoms with Crippen molar-refractivity contribution >= 4 is 36.7 Å². The van der Waals surface area contributed by atoms with Crippen LogP contribution in [0.5, 0.6) is 0 Å². The van der Waals surface area contributed by atoms with Gasteiger partial charge in [-0.3, -0.25) is 0 Å². The van der Waals surface area contributed by atoms with E-state index < -0.39 is 21.1 Å². The van der Waals surface area contributed by atoms with Crippen LogP contribution >= 0.6 is 12.2 Å². The SMILES string of the molecule is NCc1ccccc1[CH2][Sn+2][CH]=S. The molecule has 0 aromatic heterocycles. The van der Waals surface area contributed by atoms with Crippen LogP contribution in [0.3, 0.4) is 0 Å². The van der Waals surface area contributed by atoms with E-state index in [-0.39, 0.29) is 0 Å². The molecule has 1 aromatic rings. The van der Waals surface area contributed by atoms with E-state index in [0.717, 1.165) is 0 Å². The van der Waals surface area contributed by atoms with Crippen molar-refractivity contribution < 1.29 is 0 Å². The molecule has 0 aliphatic heterocycles. The quantitative estimate of drug-likeness (QED) is 0.666. The molecule has 0 radical (unpaired) electrons. The Morgan fingerprint density at radius 1 is 1.33 bits per heavy atom. The van der Waals surface area contributed by atoms with Gasteiger partial charge in [-0.15, -0.1) is 0 Å². The van der Waals surface area contributed by atoms with Gasteiger partial charge < -0.3 is 0 Å². The molecule has 1 nitrogen and oxygen atoms in total. The van der Waals surface area contributed by atoms with Crippen molar-refractivity contribution in [3.8, 4) is 0 Å². The number of hydrogen-bond acceptors (Lipinski definition) is 2. The van der Waals surface area contributed by atoms with Crippen molar-refractivity contribution in [1.82, 2.24) is 0 Å². The van der Waals surface area contributed by atoms with Gasteiger partial charge in [0.05, 0.1) is 0 Å². The van der Waals surface area contributed by atoms with Crippen LogP contribution in [-0.4, -0.2) is 24.5 Å². The van der Waals surface area contributed by atoms with Gasteiger partial charge in [-0.25, -0.2) is 0 Å². The molecule has 0 atom stereocenters. The van der Waals surface area contributed by atoms with Gasteiger partial charge in [0.1, 0.15) is 0 Å². The minimum absolute atomic E-state index is 0.425. The molecule has 12 heavy (non-hydrogen) atoms. The Kier molecular flexibility index (Phi) is 4.80. The summed E-state index contributed by atoms with van der Waals surface area (Å²) in [5.74, 6) is 0. The monoisotopic (exact) mass is 285 g/mol. The molecular weight excluding hydrogens is 273 g/mol. The first kappa shape index (κ1) is 10.2. The maximum absolute atomic E-state index is 5.61. The number of nitrogens with two attached hydrogens (primary N) is 1. The predicted octanol–water partition coefficient (Wildman–Crippen LogP) is 1.31. The Hall–Kier alpha value is 0.0687. The van der Waals surface area contributed by atoms with Gasteiger partial charge in [-0.1, -0.05) is 0 Å². The molecular formula is C9H11NSSn+2. The van der Waals surface area contributed by atoms with E-state index in [1.165, 1.54) is 15.6 Å². The third-order valence-corrected chi connectivity index (χ3v) is 4.98. The minimum atomic E-state index is -0.425. The molecule has 60 valence electrons. The number of hydrogen-bond donors (Lipinski definition) is 1. The molecule has 0 unspecified atom stereocenters. The van der Waals surface area contributed by atoms with Crippen molar-refractivity contribution in [2.75, 3.05) is 0 Å². The van der Waals surface area contributed by atoms with Crippen molar-refractivity contribution in [3.63, 3.8) is 0 Å². The first-order valence-electron chi connectivity index (χ1n) is 3.82. The molecule has 0 saturated carbocycles. The van der Waals surface area contributed by atoms with Gasteiger partial charge in [0.25, 0.3) is 0 Å². The fraction of sp³-hybridized carbons (Fsp3) is 0.222. The topological polar surface area (TPSA) is 26.0 Å². The Labute approximate surface area is 88.6 Å². The van der Waals surface area contributed by atoms with Gasteiger partial charge in [-0.2, -0.15) is 0 Å². The van der Waals surface area contributed by atoms with Gasteiger partial charge in [-0.05, 0) is 0 Å². The summed E-state index contributed by atoms with van der Waals surface area (Å²) >= 11 is 4.43. The maximum atomic E-state index is 5.61. The van der Waals surface area contributed by atoms with Crippen LogP contribution in [0.2, 0.25) is 0 Å². The van der Waals surface area contributed by atoms with E-state index in [1.807, 2.05) is 9.45 Å². The second-order valence-electron chi connectivity index (χ2n) is 2.47. The fourth-order valence-corrected chi connectivity index (χ4v) is 3.49. The molecule has 1 rings (SSSR count). The summed E-state index contributed by atoms with van der Waals surface area (Å²) in [5, 5.41) is 0. The van der Waals surface area contributed by atoms with E-state index >= 15 is 0 Å². The summed E-state index contributed by atoms with van der Waals surface area (Å²) in [4.78, 5) is 0. The van der Waals surface area contributed by atoms with Crippen LogP contribution in [0.4, 0.5) is 0 Å². The summed E-state index contributed by atoms with van der Waals surface area (Å²) in [5.41, 5.74) is 8.27. The number of benzene rings is 1. The van der Waals surface area contributed by atoms with E-state index in [9.17, 15) is 0 Å². The molecule has 0 aliphatic carbocycles. The molecule has 0 saturated heterocycles. The summed E-state index contributed by atoms with van der Waals surface area (Å²) in [7, 11) is 0. The summed E-state index contributed by atoms with van der Waals surface area (Å²) in [6, 6.07) is 8.35. The summed E-state index contributed by atoms with van der Waals surface area (Å²) < 4.78 is 3.12. The van der Waals surface area contributed by atoms with Crippen molar-refractivity contribution in [2.24, 2.45) is 5.73 Å². The standard InChI is InChI=1S/C8H10N.CHS.Sn/c1-7-4-2-3-5-8(7)6-9;1-2;/h2-5H,1,6,9H2;1H;/q;;+2. The molecule has 3 heteroatoms. The van der Waals surface area contributed by atoms with Crippen LogP contribution in [0, 0.1) is 0 Å². The van der Waals surface area contributed by atoms with E-state index in [0.29, 0.717) is 6.54 Å². The van der Waals surface area contributed by atoms with Crippen LogP contribution in [0.1, 0.15) is 11.1 Å². The van der Waals surface area contributed by atoms with Gasteiger partial charge >= 0.3 is 88.9 Å². The van der Waals surface area contributed by atoms with Gasteiger partial charge in [0.2, 0.25) is 0 Å². The third kappa shape index (κ3) is 2.84. The first-order chi connectivity index (χ1) is 5.88. The Morgan fingerprint density at radius 3 is 2.58 bits per heavy atom. The second kappa shape index (κ2) is 5.67. The Bertz CT molecular complexity index is 262. The van der Waals surface area contributed by atoms with Crippen LogP contribution in [-0.2, 0) is 11.0 Å². The van der Waals surface area contributed by atoms with Crippen LogP contribution < -0.4 is 5.73 Å². The molecule has 0 bridgehead atoms. The normalized spacial score (nSPS) is 9.08. The Morgan fingerprint density at radius 2 is 2.00 bits per heavy atom. The molecule has 0 amide bonds. The van der Waals surface area contributed by atoms with Crippen LogP contribution in [0.25, 0.3) is 0 Å². The zero-order chi connectivity index (χ0) is 8.81. The number of rotatable bonds is 4. The average Bonchev–Trinajstić information content (AvgIpc) is 2.15. The Balaban J connectivity index is 2.74. The van der Waals surface area contributed by atoms with E-state index in [4.69, 9.17) is 18.0 Å². The zero-order valence-electron chi connectivity index (χ0n) is 6.79. The van der Waals surface area contributed by atoms with Gasteiger partial charge in [0.15, 0.2) is 0 Å². The molecule has 0 spiro atoms. The average molecular weight is 284 g/mol. The summed E-state index contributed by atoms with van der Waals surface area (Å²) in [6.07, 6.45) is 0. The predicted molar refractivity (Wildman–Crippen MR) is 57.4 cm³/mol. The summed E-state index contributed by atoms with van der Waals surface area (Å²) in [6.45, 7) is 0.646. The fourth-order valence-electron chi connectivity index (χ4n) is 1.08. The molecule has 0 aliphatic rings.